The summed E-state index contributed by atoms with van der Waals surface area (Å²) in [6, 6.07) is -0.454. The van der Waals surface area contributed by atoms with E-state index in [1.54, 1.807) is 16.6 Å². The predicted octanol–water partition coefficient (Wildman–Crippen LogP) is 1.50. The van der Waals surface area contributed by atoms with Gasteiger partial charge in [-0.3, -0.25) is 19.2 Å². The van der Waals surface area contributed by atoms with Crippen molar-refractivity contribution in [2.45, 2.75) is 58.5 Å². The number of carbonyl (C=O) groups is 3. The molecule has 1 saturated carbocycles. The van der Waals surface area contributed by atoms with Gasteiger partial charge in [0.15, 0.2) is 0 Å². The van der Waals surface area contributed by atoms with Crippen LogP contribution in [0.3, 0.4) is 0 Å². The molecule has 2 heterocycles. The van der Waals surface area contributed by atoms with E-state index in [9.17, 15) is 14.4 Å². The quantitative estimate of drug-likeness (QED) is 0.808. The maximum absolute atomic E-state index is 13.0. The highest BCUT2D eigenvalue weighted by Crippen LogP contribution is 2.38. The molecule has 1 N–H and O–H groups in total. The van der Waals surface area contributed by atoms with Crippen molar-refractivity contribution in [2.75, 3.05) is 13.6 Å². The number of nitrogens with zero attached hydrogens (tertiary/aromatic N) is 4. The normalized spacial score (nSPS) is 25.2. The highest BCUT2D eigenvalue weighted by atomic mass is 16.2. The number of imide groups is 1. The summed E-state index contributed by atoms with van der Waals surface area (Å²) < 4.78 is 1.79. The molecule has 1 aromatic rings. The highest BCUT2D eigenvalue weighted by Gasteiger charge is 2.55. The van der Waals surface area contributed by atoms with E-state index in [0.717, 1.165) is 41.1 Å². The number of nitrogens with one attached hydrogen (secondary N) is 1. The van der Waals surface area contributed by atoms with Crippen LogP contribution in [0.2, 0.25) is 0 Å². The van der Waals surface area contributed by atoms with Gasteiger partial charge in [-0.25, -0.2) is 4.79 Å². The van der Waals surface area contributed by atoms with Crippen LogP contribution < -0.4 is 5.32 Å². The second kappa shape index (κ2) is 6.98. The number of amides is 4. The second-order valence-electron chi connectivity index (χ2n) is 7.96. The molecule has 4 amide bonds. The Hall–Kier alpha value is -2.38. The zero-order chi connectivity index (χ0) is 19.9. The molecule has 1 aromatic heterocycles. The summed E-state index contributed by atoms with van der Waals surface area (Å²) in [6.07, 6.45) is 3.54. The number of aromatic nitrogens is 2. The van der Waals surface area contributed by atoms with Crippen LogP contribution >= 0.6 is 0 Å². The molecule has 0 unspecified atom stereocenters. The molecule has 8 nitrogen and oxygen atoms in total. The molecule has 8 heteroatoms. The summed E-state index contributed by atoms with van der Waals surface area (Å²) in [7, 11) is 3.55. The Balaban J connectivity index is 1.70. The standard InChI is InChI=1S/C19H29N5O3/c1-12-8-6-7-9-19(12)17(26)24(18(27)20-19)11-16(25)22(4)10-15-13(2)21-23(5)14(15)3/h12H,6-11H2,1-5H3,(H,20,27)/t12-,19-/m0/s1. The fourth-order valence-corrected chi connectivity index (χ4v) is 4.27. The number of hydrogen-bond acceptors (Lipinski definition) is 4. The first kappa shape index (κ1) is 19.4. The molecule has 1 saturated heterocycles. The fourth-order valence-electron chi connectivity index (χ4n) is 4.27. The Morgan fingerprint density at radius 3 is 2.63 bits per heavy atom. The first-order valence-corrected chi connectivity index (χ1v) is 9.54. The lowest BCUT2D eigenvalue weighted by atomic mass is 9.73. The molecule has 27 heavy (non-hydrogen) atoms. The van der Waals surface area contributed by atoms with E-state index in [0.29, 0.717) is 13.0 Å². The van der Waals surface area contributed by atoms with Crippen LogP contribution in [0, 0.1) is 19.8 Å². The number of hydrogen-bond donors (Lipinski definition) is 1. The summed E-state index contributed by atoms with van der Waals surface area (Å²) in [6.45, 7) is 6.04. The van der Waals surface area contributed by atoms with Crippen LogP contribution in [0.4, 0.5) is 4.79 Å². The highest BCUT2D eigenvalue weighted by molar-refractivity contribution is 6.09. The van der Waals surface area contributed by atoms with Crippen LogP contribution in [0.1, 0.15) is 49.6 Å². The summed E-state index contributed by atoms with van der Waals surface area (Å²) in [4.78, 5) is 40.8. The van der Waals surface area contributed by atoms with Crippen molar-refractivity contribution in [1.82, 2.24) is 24.9 Å². The maximum Gasteiger partial charge on any atom is 0.325 e. The van der Waals surface area contributed by atoms with Crippen molar-refractivity contribution >= 4 is 17.8 Å². The minimum atomic E-state index is -0.829. The summed E-state index contributed by atoms with van der Waals surface area (Å²) in [5.41, 5.74) is 2.03. The lowest BCUT2D eigenvalue weighted by Gasteiger charge is -2.36. The monoisotopic (exact) mass is 375 g/mol. The van der Waals surface area contributed by atoms with E-state index >= 15 is 0 Å². The van der Waals surface area contributed by atoms with E-state index in [-0.39, 0.29) is 24.3 Å². The van der Waals surface area contributed by atoms with Crippen LogP contribution in [0.15, 0.2) is 0 Å². The third-order valence-electron chi connectivity index (χ3n) is 6.27. The summed E-state index contributed by atoms with van der Waals surface area (Å²) in [5.74, 6) is -0.432. The van der Waals surface area contributed by atoms with Crippen LogP contribution in [0.5, 0.6) is 0 Å². The molecule has 2 fully saturated rings. The lowest BCUT2D eigenvalue weighted by molar-refractivity contribution is -0.140. The number of aryl methyl sites for hydroxylation is 2. The zero-order valence-corrected chi connectivity index (χ0v) is 16.8. The molecule has 148 valence electrons. The zero-order valence-electron chi connectivity index (χ0n) is 16.8. The number of rotatable bonds is 4. The second-order valence-corrected chi connectivity index (χ2v) is 7.96. The summed E-state index contributed by atoms with van der Waals surface area (Å²) >= 11 is 0. The smallest absolute Gasteiger partial charge is 0.325 e. The molecule has 1 spiro atoms. The van der Waals surface area contributed by atoms with E-state index in [2.05, 4.69) is 10.4 Å². The van der Waals surface area contributed by atoms with E-state index in [1.165, 1.54) is 0 Å². The lowest BCUT2D eigenvalue weighted by Crippen LogP contribution is -2.54. The molecular formula is C19H29N5O3. The van der Waals surface area contributed by atoms with Gasteiger partial charge in [-0.15, -0.1) is 0 Å². The molecule has 3 rings (SSSR count). The van der Waals surface area contributed by atoms with Crippen LogP contribution in [0.25, 0.3) is 0 Å². The van der Waals surface area contributed by atoms with E-state index in [4.69, 9.17) is 0 Å². The van der Waals surface area contributed by atoms with Crippen molar-refractivity contribution in [3.05, 3.63) is 17.0 Å². The van der Waals surface area contributed by atoms with Gasteiger partial charge >= 0.3 is 6.03 Å². The molecule has 0 bridgehead atoms. The Labute approximate surface area is 159 Å². The van der Waals surface area contributed by atoms with Crippen LogP contribution in [-0.4, -0.2) is 56.6 Å². The number of urea groups is 1. The fraction of sp³-hybridized carbons (Fsp3) is 0.684. The van der Waals surface area contributed by atoms with Gasteiger partial charge in [0.1, 0.15) is 12.1 Å². The molecule has 1 aliphatic carbocycles. The van der Waals surface area contributed by atoms with Crippen molar-refractivity contribution in [1.29, 1.82) is 0 Å². The maximum atomic E-state index is 13.0. The van der Waals surface area contributed by atoms with Crippen molar-refractivity contribution in [3.63, 3.8) is 0 Å². The van der Waals surface area contributed by atoms with Gasteiger partial charge in [0, 0.05) is 31.9 Å². The van der Waals surface area contributed by atoms with Crippen LogP contribution in [-0.2, 0) is 23.2 Å². The van der Waals surface area contributed by atoms with Crippen molar-refractivity contribution < 1.29 is 14.4 Å². The van der Waals surface area contributed by atoms with Crippen molar-refractivity contribution in [2.24, 2.45) is 13.0 Å². The van der Waals surface area contributed by atoms with Gasteiger partial charge in [-0.2, -0.15) is 5.10 Å². The van der Waals surface area contributed by atoms with E-state index < -0.39 is 11.6 Å². The third-order valence-corrected chi connectivity index (χ3v) is 6.27. The predicted molar refractivity (Wildman–Crippen MR) is 99.8 cm³/mol. The molecular weight excluding hydrogens is 346 g/mol. The largest absolute Gasteiger partial charge is 0.340 e. The molecule has 0 radical (unpaired) electrons. The van der Waals surface area contributed by atoms with Gasteiger partial charge in [0.05, 0.1) is 5.69 Å². The van der Waals surface area contributed by atoms with Gasteiger partial charge in [-0.05, 0) is 32.6 Å². The average molecular weight is 375 g/mol. The Morgan fingerprint density at radius 2 is 2.04 bits per heavy atom. The summed E-state index contributed by atoms with van der Waals surface area (Å²) in [5, 5.41) is 7.25. The van der Waals surface area contributed by atoms with E-state index in [1.807, 2.05) is 27.8 Å². The Morgan fingerprint density at radius 1 is 1.33 bits per heavy atom. The molecule has 0 aromatic carbocycles. The topological polar surface area (TPSA) is 87.5 Å². The number of carbonyl (C=O) groups excluding carboxylic acids is 3. The number of likely N-dealkylation sites (N-methyl/N-ethyl adjacent to an activating group) is 1. The van der Waals surface area contributed by atoms with Gasteiger partial charge < -0.3 is 10.2 Å². The molecule has 2 aliphatic rings. The first-order valence-electron chi connectivity index (χ1n) is 9.54. The Kier molecular flexibility index (Phi) is 5.01. The van der Waals surface area contributed by atoms with Gasteiger partial charge in [0.25, 0.3) is 5.91 Å². The molecule has 2 atom stereocenters. The Bertz CT molecular complexity index is 787. The molecule has 1 aliphatic heterocycles. The SMILES string of the molecule is Cc1nn(C)c(C)c1CN(C)C(=O)CN1C(=O)N[C@]2(CCCC[C@@H]2C)C1=O. The third kappa shape index (κ3) is 3.21. The first-order chi connectivity index (χ1) is 12.7. The van der Waals surface area contributed by atoms with Gasteiger partial charge in [0.2, 0.25) is 5.91 Å². The minimum Gasteiger partial charge on any atom is -0.340 e. The minimum absolute atomic E-state index is 0.0845. The van der Waals surface area contributed by atoms with Gasteiger partial charge in [-0.1, -0.05) is 19.8 Å². The van der Waals surface area contributed by atoms with Crippen molar-refractivity contribution in [3.8, 4) is 0 Å². The average Bonchev–Trinajstić information content (AvgIpc) is 2.99.